The zero-order valence-electron chi connectivity index (χ0n) is 14.0. The van der Waals surface area contributed by atoms with E-state index in [-0.39, 0.29) is 11.8 Å². The highest BCUT2D eigenvalue weighted by molar-refractivity contribution is 5.94. The lowest BCUT2D eigenvalue weighted by Crippen LogP contribution is -2.36. The van der Waals surface area contributed by atoms with Gasteiger partial charge in [-0.2, -0.15) is 0 Å². The second-order valence-corrected chi connectivity index (χ2v) is 5.74. The van der Waals surface area contributed by atoms with Gasteiger partial charge in [0.05, 0.1) is 0 Å². The highest BCUT2D eigenvalue weighted by Crippen LogP contribution is 2.21. The molecule has 1 unspecified atom stereocenters. The molecule has 0 radical (unpaired) electrons. The number of benzene rings is 1. The van der Waals surface area contributed by atoms with E-state index in [9.17, 15) is 9.59 Å². The van der Waals surface area contributed by atoms with Gasteiger partial charge in [-0.05, 0) is 43.9 Å². The molecule has 1 aromatic rings. The molecule has 0 aromatic heterocycles. The van der Waals surface area contributed by atoms with Crippen molar-refractivity contribution in [2.75, 3.05) is 18.1 Å². The second-order valence-electron chi connectivity index (χ2n) is 5.74. The van der Waals surface area contributed by atoms with Gasteiger partial charge in [-0.1, -0.05) is 19.1 Å². The molecule has 1 fully saturated rings. The minimum atomic E-state index is -0.396. The van der Waals surface area contributed by atoms with Crippen molar-refractivity contribution in [3.63, 3.8) is 0 Å². The van der Waals surface area contributed by atoms with Crippen molar-refractivity contribution in [2.24, 2.45) is 0 Å². The highest BCUT2D eigenvalue weighted by Gasteiger charge is 2.20. The minimum Gasteiger partial charge on any atom is -0.369 e. The maximum absolute atomic E-state index is 12.1. The normalized spacial score (nSPS) is 16.3. The van der Waals surface area contributed by atoms with Crippen LogP contribution in [0.25, 0.3) is 0 Å². The van der Waals surface area contributed by atoms with Crippen molar-refractivity contribution in [1.82, 2.24) is 5.32 Å². The van der Waals surface area contributed by atoms with Gasteiger partial charge in [0.1, 0.15) is 6.10 Å². The molecule has 1 atom stereocenters. The Labute approximate surface area is 138 Å². The summed E-state index contributed by atoms with van der Waals surface area (Å²) in [5, 5.41) is 2.91. The molecule has 0 spiro atoms. The van der Waals surface area contributed by atoms with Crippen LogP contribution in [0, 0.1) is 0 Å². The highest BCUT2D eigenvalue weighted by atomic mass is 16.5. The topological polar surface area (TPSA) is 58.6 Å². The number of amides is 2. The Balaban J connectivity index is 1.97. The minimum absolute atomic E-state index is 0.0891. The van der Waals surface area contributed by atoms with Gasteiger partial charge in [0.25, 0.3) is 0 Å². The Morgan fingerprint density at radius 1 is 1.35 bits per heavy atom. The molecule has 23 heavy (non-hydrogen) atoms. The third-order valence-electron chi connectivity index (χ3n) is 4.04. The average molecular weight is 318 g/mol. The smallest absolute Gasteiger partial charge is 0.249 e. The molecule has 2 amide bonds. The fraction of sp³-hybridized carbons (Fsp3) is 0.556. The summed E-state index contributed by atoms with van der Waals surface area (Å²) in [5.41, 5.74) is 1.90. The fourth-order valence-corrected chi connectivity index (χ4v) is 2.80. The number of rotatable bonds is 7. The van der Waals surface area contributed by atoms with Gasteiger partial charge in [0.2, 0.25) is 11.8 Å². The molecular weight excluding hydrogens is 292 g/mol. The van der Waals surface area contributed by atoms with E-state index >= 15 is 0 Å². The summed E-state index contributed by atoms with van der Waals surface area (Å²) in [4.78, 5) is 25.9. The molecule has 0 bridgehead atoms. The number of anilines is 1. The number of hydrogen-bond donors (Lipinski definition) is 1. The van der Waals surface area contributed by atoms with Crippen molar-refractivity contribution in [3.8, 4) is 0 Å². The predicted molar refractivity (Wildman–Crippen MR) is 90.2 cm³/mol. The van der Waals surface area contributed by atoms with Gasteiger partial charge in [-0.15, -0.1) is 0 Å². The Kier molecular flexibility index (Phi) is 6.59. The summed E-state index contributed by atoms with van der Waals surface area (Å²) in [7, 11) is 0. The summed E-state index contributed by atoms with van der Waals surface area (Å²) in [5.74, 6) is 0.0913. The van der Waals surface area contributed by atoms with Crippen molar-refractivity contribution < 1.29 is 14.3 Å². The molecule has 5 heteroatoms. The lowest BCUT2D eigenvalue weighted by molar-refractivity contribution is -0.132. The van der Waals surface area contributed by atoms with Gasteiger partial charge >= 0.3 is 0 Å². The quantitative estimate of drug-likeness (QED) is 0.841. The van der Waals surface area contributed by atoms with Crippen molar-refractivity contribution in [1.29, 1.82) is 0 Å². The Hall–Kier alpha value is -1.88. The Bertz CT molecular complexity index is 545. The van der Waals surface area contributed by atoms with Gasteiger partial charge in [-0.3, -0.25) is 9.59 Å². The number of hydrogen-bond acceptors (Lipinski definition) is 3. The van der Waals surface area contributed by atoms with Crippen LogP contribution in [-0.2, 0) is 20.9 Å². The lowest BCUT2D eigenvalue weighted by atomic mass is 10.1. The van der Waals surface area contributed by atoms with Crippen LogP contribution in [0.5, 0.6) is 0 Å². The number of carbonyl (C=O) groups is 2. The fourth-order valence-electron chi connectivity index (χ4n) is 2.80. The molecular formula is C18H26N2O3. The maximum atomic E-state index is 12.1. The third-order valence-corrected chi connectivity index (χ3v) is 4.04. The lowest BCUT2D eigenvalue weighted by Gasteiger charge is -2.27. The molecule has 5 nitrogen and oxygen atoms in total. The van der Waals surface area contributed by atoms with Gasteiger partial charge in [0.15, 0.2) is 0 Å². The van der Waals surface area contributed by atoms with Crippen LogP contribution in [0.15, 0.2) is 24.3 Å². The summed E-state index contributed by atoms with van der Waals surface area (Å²) in [6.07, 6.45) is 2.89. The molecule has 1 aromatic carbocycles. The van der Waals surface area contributed by atoms with E-state index in [0.717, 1.165) is 30.6 Å². The molecule has 0 aliphatic carbocycles. The summed E-state index contributed by atoms with van der Waals surface area (Å²) >= 11 is 0. The number of piperidine rings is 1. The van der Waals surface area contributed by atoms with E-state index in [0.29, 0.717) is 26.0 Å². The monoisotopic (exact) mass is 318 g/mol. The molecule has 1 aliphatic rings. The molecule has 1 heterocycles. The molecule has 0 saturated carbocycles. The van der Waals surface area contributed by atoms with Crippen LogP contribution < -0.4 is 10.2 Å². The molecule has 1 N–H and O–H groups in total. The van der Waals surface area contributed by atoms with Crippen LogP contribution in [-0.4, -0.2) is 31.1 Å². The number of nitrogens with one attached hydrogen (secondary N) is 1. The van der Waals surface area contributed by atoms with Gasteiger partial charge < -0.3 is 15.0 Å². The van der Waals surface area contributed by atoms with Crippen molar-refractivity contribution >= 4 is 17.5 Å². The Morgan fingerprint density at radius 3 is 2.87 bits per heavy atom. The summed E-state index contributed by atoms with van der Waals surface area (Å²) < 4.78 is 5.41. The first kappa shape index (κ1) is 17.5. The van der Waals surface area contributed by atoms with Crippen LogP contribution >= 0.6 is 0 Å². The SMILES string of the molecule is CCOC(CC)C(=O)NCc1cccc(N2CCCCC2=O)c1. The standard InChI is InChI=1S/C18H26N2O3/c1-3-16(23-4-2)18(22)19-13-14-8-7-9-15(12-14)20-11-6-5-10-17(20)21/h7-9,12,16H,3-6,10-11,13H2,1-2H3,(H,19,22). The average Bonchev–Trinajstić information content (AvgIpc) is 2.58. The molecule has 1 saturated heterocycles. The van der Waals surface area contributed by atoms with E-state index in [1.165, 1.54) is 0 Å². The van der Waals surface area contributed by atoms with Crippen molar-refractivity contribution in [3.05, 3.63) is 29.8 Å². The van der Waals surface area contributed by atoms with Crippen LogP contribution in [0.4, 0.5) is 5.69 Å². The summed E-state index contributed by atoms with van der Waals surface area (Å²) in [6, 6.07) is 7.81. The first-order valence-electron chi connectivity index (χ1n) is 8.44. The van der Waals surface area contributed by atoms with E-state index in [4.69, 9.17) is 4.74 Å². The first-order chi connectivity index (χ1) is 11.2. The van der Waals surface area contributed by atoms with Gasteiger partial charge in [0, 0.05) is 31.8 Å². The van der Waals surface area contributed by atoms with Crippen LogP contribution in [0.2, 0.25) is 0 Å². The van der Waals surface area contributed by atoms with Crippen LogP contribution in [0.3, 0.4) is 0 Å². The molecule has 2 rings (SSSR count). The third kappa shape index (κ3) is 4.79. The van der Waals surface area contributed by atoms with E-state index in [2.05, 4.69) is 5.32 Å². The largest absolute Gasteiger partial charge is 0.369 e. The Morgan fingerprint density at radius 2 is 2.17 bits per heavy atom. The zero-order valence-corrected chi connectivity index (χ0v) is 14.0. The van der Waals surface area contributed by atoms with Gasteiger partial charge in [-0.25, -0.2) is 0 Å². The number of ether oxygens (including phenoxy) is 1. The molecule has 1 aliphatic heterocycles. The number of carbonyl (C=O) groups excluding carboxylic acids is 2. The van der Waals surface area contributed by atoms with Crippen LogP contribution in [0.1, 0.15) is 45.1 Å². The molecule has 126 valence electrons. The van der Waals surface area contributed by atoms with E-state index in [1.807, 2.05) is 43.0 Å². The first-order valence-corrected chi connectivity index (χ1v) is 8.44. The zero-order chi connectivity index (χ0) is 16.7. The van der Waals surface area contributed by atoms with Crippen molar-refractivity contribution in [2.45, 2.75) is 52.2 Å². The predicted octanol–water partition coefficient (Wildman–Crippen LogP) is 2.63. The van der Waals surface area contributed by atoms with E-state index < -0.39 is 6.10 Å². The number of nitrogens with zero attached hydrogens (tertiary/aromatic N) is 1. The van der Waals surface area contributed by atoms with E-state index in [1.54, 1.807) is 0 Å². The second kappa shape index (κ2) is 8.67. The summed E-state index contributed by atoms with van der Waals surface area (Å²) in [6.45, 7) is 5.56. The maximum Gasteiger partial charge on any atom is 0.249 e.